The van der Waals surface area contributed by atoms with Gasteiger partial charge in [0.1, 0.15) is 11.6 Å². The lowest BCUT2D eigenvalue weighted by Gasteiger charge is -2.09. The number of carbonyl (C=O) groups is 1. The summed E-state index contributed by atoms with van der Waals surface area (Å²) in [6.45, 7) is 2.00. The van der Waals surface area contributed by atoms with Crippen molar-refractivity contribution in [3.05, 3.63) is 24.0 Å². The largest absolute Gasteiger partial charge is 0.506 e. The molecule has 0 bridgehead atoms. The highest BCUT2D eigenvalue weighted by Crippen LogP contribution is 2.24. The Labute approximate surface area is 107 Å². The molecule has 3 nitrogen and oxygen atoms in total. The van der Waals surface area contributed by atoms with Gasteiger partial charge in [0.2, 0.25) is 5.91 Å². The number of aromatic hydroxyl groups is 1. The fourth-order valence-electron chi connectivity index (χ4n) is 1.16. The topological polar surface area (TPSA) is 49.3 Å². The first-order valence-corrected chi connectivity index (χ1v) is 6.20. The molecular weight excluding hydrogens is 324 g/mol. The van der Waals surface area contributed by atoms with E-state index in [-0.39, 0.29) is 21.3 Å². The second-order valence-corrected chi connectivity index (χ2v) is 5.18. The molecule has 0 aliphatic heterocycles. The Hall–Kier alpha value is -0.850. The van der Waals surface area contributed by atoms with Crippen molar-refractivity contribution in [3.8, 4) is 5.75 Å². The number of phenols is 1. The number of benzene rings is 1. The minimum Gasteiger partial charge on any atom is -0.506 e. The van der Waals surface area contributed by atoms with Gasteiger partial charge in [-0.1, -0.05) is 29.5 Å². The zero-order chi connectivity index (χ0) is 12.1. The van der Waals surface area contributed by atoms with E-state index in [9.17, 15) is 14.3 Å². The highest BCUT2D eigenvalue weighted by molar-refractivity contribution is 14.1. The average Bonchev–Trinajstić information content (AvgIpc) is 2.22. The standard InChI is InChI=1S/C11H13FINO2/c1-2-8(13)6-11(16)14-9-4-3-7(12)5-10(9)15/h3-5,8,15H,2,6H2,1H3,(H,14,16). The molecule has 1 aromatic rings. The van der Waals surface area contributed by atoms with Crippen LogP contribution >= 0.6 is 22.6 Å². The van der Waals surface area contributed by atoms with Crippen molar-refractivity contribution in [2.75, 3.05) is 5.32 Å². The summed E-state index contributed by atoms with van der Waals surface area (Å²) in [5.74, 6) is -0.964. The van der Waals surface area contributed by atoms with Crippen LogP contribution in [-0.4, -0.2) is 14.9 Å². The number of halogens is 2. The molecule has 5 heteroatoms. The van der Waals surface area contributed by atoms with Gasteiger partial charge >= 0.3 is 0 Å². The summed E-state index contributed by atoms with van der Waals surface area (Å²) < 4.78 is 12.9. The summed E-state index contributed by atoms with van der Waals surface area (Å²) in [4.78, 5) is 11.5. The average molecular weight is 337 g/mol. The third kappa shape index (κ3) is 3.96. The van der Waals surface area contributed by atoms with Crippen LogP contribution in [0, 0.1) is 5.82 Å². The molecule has 1 atom stereocenters. The second-order valence-electron chi connectivity index (χ2n) is 3.42. The van der Waals surface area contributed by atoms with Crippen molar-refractivity contribution in [1.29, 1.82) is 0 Å². The number of carbonyl (C=O) groups excluding carboxylic acids is 1. The van der Waals surface area contributed by atoms with E-state index in [4.69, 9.17) is 0 Å². The normalized spacial score (nSPS) is 12.2. The van der Waals surface area contributed by atoms with E-state index < -0.39 is 5.82 Å². The van der Waals surface area contributed by atoms with Crippen LogP contribution < -0.4 is 5.32 Å². The fourth-order valence-corrected chi connectivity index (χ4v) is 1.56. The van der Waals surface area contributed by atoms with E-state index >= 15 is 0 Å². The van der Waals surface area contributed by atoms with Gasteiger partial charge < -0.3 is 10.4 Å². The summed E-state index contributed by atoms with van der Waals surface area (Å²) in [5.41, 5.74) is 0.242. The Morgan fingerprint density at radius 1 is 1.62 bits per heavy atom. The molecule has 0 aromatic heterocycles. The Kier molecular flexibility index (Phi) is 4.98. The van der Waals surface area contributed by atoms with E-state index in [0.29, 0.717) is 6.42 Å². The Balaban J connectivity index is 2.63. The molecule has 1 rings (SSSR count). The van der Waals surface area contributed by atoms with Gasteiger partial charge in [-0.2, -0.15) is 0 Å². The van der Waals surface area contributed by atoms with Gasteiger partial charge in [-0.05, 0) is 18.6 Å². The van der Waals surface area contributed by atoms with Crippen LogP contribution in [0.5, 0.6) is 5.75 Å². The van der Waals surface area contributed by atoms with Crippen molar-refractivity contribution in [1.82, 2.24) is 0 Å². The molecular formula is C11H13FINO2. The highest BCUT2D eigenvalue weighted by atomic mass is 127. The third-order valence-corrected chi connectivity index (χ3v) is 3.40. The monoisotopic (exact) mass is 337 g/mol. The molecule has 0 spiro atoms. The number of hydrogen-bond acceptors (Lipinski definition) is 2. The van der Waals surface area contributed by atoms with E-state index in [1.165, 1.54) is 12.1 Å². The molecule has 0 aliphatic rings. The number of rotatable bonds is 4. The van der Waals surface area contributed by atoms with Crippen molar-refractivity contribution >= 4 is 34.2 Å². The van der Waals surface area contributed by atoms with Crippen LogP contribution in [0.3, 0.4) is 0 Å². The van der Waals surface area contributed by atoms with Crippen molar-refractivity contribution in [2.24, 2.45) is 0 Å². The van der Waals surface area contributed by atoms with Gasteiger partial charge in [0.25, 0.3) is 0 Å². The molecule has 1 unspecified atom stereocenters. The molecule has 0 saturated heterocycles. The molecule has 16 heavy (non-hydrogen) atoms. The maximum atomic E-state index is 12.7. The molecule has 88 valence electrons. The lowest BCUT2D eigenvalue weighted by Crippen LogP contribution is -2.16. The molecule has 0 fully saturated rings. The van der Waals surface area contributed by atoms with Crippen LogP contribution in [0.1, 0.15) is 19.8 Å². The zero-order valence-corrected chi connectivity index (χ0v) is 11.0. The van der Waals surface area contributed by atoms with Crippen LogP contribution in [0.25, 0.3) is 0 Å². The quantitative estimate of drug-likeness (QED) is 0.504. The maximum absolute atomic E-state index is 12.7. The van der Waals surface area contributed by atoms with Gasteiger partial charge in [0.05, 0.1) is 5.69 Å². The smallest absolute Gasteiger partial charge is 0.225 e. The molecule has 0 radical (unpaired) electrons. The van der Waals surface area contributed by atoms with Crippen molar-refractivity contribution in [2.45, 2.75) is 23.7 Å². The number of amides is 1. The van der Waals surface area contributed by atoms with E-state index in [2.05, 4.69) is 27.9 Å². The Bertz CT molecular complexity index is 384. The second kappa shape index (κ2) is 6.03. The highest BCUT2D eigenvalue weighted by Gasteiger charge is 2.11. The van der Waals surface area contributed by atoms with E-state index in [0.717, 1.165) is 12.5 Å². The van der Waals surface area contributed by atoms with Crippen LogP contribution in [0.4, 0.5) is 10.1 Å². The van der Waals surface area contributed by atoms with E-state index in [1.807, 2.05) is 6.92 Å². The lowest BCUT2D eigenvalue weighted by atomic mass is 10.2. The molecule has 2 N–H and O–H groups in total. The minimum absolute atomic E-state index is 0.178. The Morgan fingerprint density at radius 2 is 2.31 bits per heavy atom. The molecule has 1 amide bonds. The minimum atomic E-state index is -0.532. The van der Waals surface area contributed by atoms with Crippen molar-refractivity contribution in [3.63, 3.8) is 0 Å². The van der Waals surface area contributed by atoms with Crippen molar-refractivity contribution < 1.29 is 14.3 Å². The fraction of sp³-hybridized carbons (Fsp3) is 0.364. The number of phenolic OH excluding ortho intramolecular Hbond substituents is 1. The number of alkyl halides is 1. The third-order valence-electron chi connectivity index (χ3n) is 2.08. The summed E-state index contributed by atoms with van der Waals surface area (Å²) in [6, 6.07) is 3.50. The lowest BCUT2D eigenvalue weighted by molar-refractivity contribution is -0.116. The molecule has 0 saturated carbocycles. The number of nitrogens with one attached hydrogen (secondary N) is 1. The molecule has 0 heterocycles. The SMILES string of the molecule is CCC(I)CC(=O)Nc1ccc(F)cc1O. The first kappa shape index (κ1) is 13.2. The summed E-state index contributed by atoms with van der Waals surface area (Å²) >= 11 is 2.19. The van der Waals surface area contributed by atoms with Gasteiger partial charge in [-0.15, -0.1) is 0 Å². The molecule has 0 aliphatic carbocycles. The van der Waals surface area contributed by atoms with Crippen LogP contribution in [-0.2, 0) is 4.79 Å². The van der Waals surface area contributed by atoms with E-state index in [1.54, 1.807) is 0 Å². The van der Waals surface area contributed by atoms with Gasteiger partial charge in [0.15, 0.2) is 0 Å². The first-order chi connectivity index (χ1) is 7.52. The zero-order valence-electron chi connectivity index (χ0n) is 8.84. The maximum Gasteiger partial charge on any atom is 0.225 e. The van der Waals surface area contributed by atoms with Crippen LogP contribution in [0.2, 0.25) is 0 Å². The number of hydrogen-bond donors (Lipinski definition) is 2. The predicted octanol–water partition coefficient (Wildman–Crippen LogP) is 3.07. The first-order valence-electron chi connectivity index (χ1n) is 4.95. The Morgan fingerprint density at radius 3 is 2.88 bits per heavy atom. The summed E-state index contributed by atoms with van der Waals surface area (Å²) in [6.07, 6.45) is 1.29. The van der Waals surface area contributed by atoms with Gasteiger partial charge in [0, 0.05) is 16.4 Å². The van der Waals surface area contributed by atoms with Crippen LogP contribution in [0.15, 0.2) is 18.2 Å². The van der Waals surface area contributed by atoms with Gasteiger partial charge in [-0.25, -0.2) is 4.39 Å². The molecule has 1 aromatic carbocycles. The summed E-state index contributed by atoms with van der Waals surface area (Å²) in [5, 5.41) is 11.9. The summed E-state index contributed by atoms with van der Waals surface area (Å²) in [7, 11) is 0. The van der Waals surface area contributed by atoms with Gasteiger partial charge in [-0.3, -0.25) is 4.79 Å². The predicted molar refractivity (Wildman–Crippen MR) is 69.4 cm³/mol. The number of anilines is 1.